The van der Waals surface area contributed by atoms with Gasteiger partial charge in [-0.2, -0.15) is 0 Å². The maximum Gasteiger partial charge on any atom is 0.272 e. The van der Waals surface area contributed by atoms with E-state index in [2.05, 4.69) is 10.3 Å². The van der Waals surface area contributed by atoms with Crippen LogP contribution in [0.2, 0.25) is 0 Å². The fourth-order valence-electron chi connectivity index (χ4n) is 3.21. The Labute approximate surface area is 140 Å². The minimum Gasteiger partial charge on any atom is -0.376 e. The Morgan fingerprint density at radius 3 is 2.96 bits per heavy atom. The van der Waals surface area contributed by atoms with E-state index in [4.69, 9.17) is 4.74 Å². The van der Waals surface area contributed by atoms with Crippen molar-refractivity contribution in [2.75, 3.05) is 6.61 Å². The lowest BCUT2D eigenvalue weighted by molar-refractivity contribution is 0.0712. The molecule has 0 spiro atoms. The SMILES string of the molecule is CCn1c(=O)c(C)nc2cc(C(=O)NC(C)C3CCCO3)ccc21. The average Bonchev–Trinajstić information content (AvgIpc) is 3.10. The van der Waals surface area contributed by atoms with E-state index in [1.807, 2.05) is 13.8 Å². The van der Waals surface area contributed by atoms with Crippen LogP contribution >= 0.6 is 0 Å². The smallest absolute Gasteiger partial charge is 0.272 e. The molecule has 0 radical (unpaired) electrons. The molecule has 1 saturated heterocycles. The Morgan fingerprint density at radius 2 is 2.29 bits per heavy atom. The maximum atomic E-state index is 12.5. The molecule has 0 bridgehead atoms. The van der Waals surface area contributed by atoms with Crippen molar-refractivity contribution in [2.24, 2.45) is 0 Å². The number of amides is 1. The molecule has 1 fully saturated rings. The van der Waals surface area contributed by atoms with E-state index >= 15 is 0 Å². The van der Waals surface area contributed by atoms with Crippen molar-refractivity contribution in [2.45, 2.75) is 52.3 Å². The Kier molecular flexibility index (Phi) is 4.66. The van der Waals surface area contributed by atoms with Crippen molar-refractivity contribution in [1.29, 1.82) is 0 Å². The summed E-state index contributed by atoms with van der Waals surface area (Å²) in [5, 5.41) is 3.00. The Bertz CT molecular complexity index is 822. The highest BCUT2D eigenvalue weighted by atomic mass is 16.5. The number of hydrogen-bond donors (Lipinski definition) is 1. The lowest BCUT2D eigenvalue weighted by atomic mass is 10.1. The summed E-state index contributed by atoms with van der Waals surface area (Å²) in [7, 11) is 0. The number of hydrogen-bond acceptors (Lipinski definition) is 4. The van der Waals surface area contributed by atoms with Crippen molar-refractivity contribution in [3.05, 3.63) is 39.8 Å². The van der Waals surface area contributed by atoms with Gasteiger partial charge in [0.15, 0.2) is 0 Å². The van der Waals surface area contributed by atoms with Gasteiger partial charge in [-0.3, -0.25) is 9.59 Å². The minimum absolute atomic E-state index is 0.0324. The van der Waals surface area contributed by atoms with Gasteiger partial charge in [0.1, 0.15) is 5.69 Å². The molecule has 2 atom stereocenters. The molecule has 1 aliphatic rings. The second-order valence-corrected chi connectivity index (χ2v) is 6.26. The van der Waals surface area contributed by atoms with Gasteiger partial charge in [0.25, 0.3) is 11.5 Å². The number of carbonyl (C=O) groups excluding carboxylic acids is 1. The van der Waals surface area contributed by atoms with Crippen molar-refractivity contribution >= 4 is 16.9 Å². The van der Waals surface area contributed by atoms with E-state index in [0.717, 1.165) is 25.0 Å². The Balaban J connectivity index is 1.88. The monoisotopic (exact) mass is 329 g/mol. The molecule has 6 nitrogen and oxygen atoms in total. The van der Waals surface area contributed by atoms with Crippen LogP contribution < -0.4 is 10.9 Å². The molecular formula is C18H23N3O3. The first kappa shape index (κ1) is 16.6. The topological polar surface area (TPSA) is 73.2 Å². The molecule has 1 aliphatic heterocycles. The summed E-state index contributed by atoms with van der Waals surface area (Å²) < 4.78 is 7.29. The quantitative estimate of drug-likeness (QED) is 0.931. The van der Waals surface area contributed by atoms with E-state index < -0.39 is 0 Å². The van der Waals surface area contributed by atoms with Crippen LogP contribution in [0.25, 0.3) is 11.0 Å². The zero-order chi connectivity index (χ0) is 17.3. The lowest BCUT2D eigenvalue weighted by Crippen LogP contribution is -2.40. The van der Waals surface area contributed by atoms with Gasteiger partial charge in [-0.15, -0.1) is 0 Å². The van der Waals surface area contributed by atoms with Crippen LogP contribution in [0.3, 0.4) is 0 Å². The van der Waals surface area contributed by atoms with Gasteiger partial charge in [0.05, 0.1) is 23.2 Å². The van der Waals surface area contributed by atoms with Gasteiger partial charge < -0.3 is 14.6 Å². The Hall–Kier alpha value is -2.21. The molecule has 1 aromatic heterocycles. The third-order valence-electron chi connectivity index (χ3n) is 4.57. The highest BCUT2D eigenvalue weighted by Gasteiger charge is 2.24. The maximum absolute atomic E-state index is 12.5. The second-order valence-electron chi connectivity index (χ2n) is 6.26. The zero-order valence-electron chi connectivity index (χ0n) is 14.3. The van der Waals surface area contributed by atoms with E-state index in [1.54, 1.807) is 29.7 Å². The number of carbonyl (C=O) groups is 1. The number of rotatable bonds is 4. The van der Waals surface area contributed by atoms with E-state index in [9.17, 15) is 9.59 Å². The van der Waals surface area contributed by atoms with Crippen LogP contribution in [-0.4, -0.2) is 34.2 Å². The third-order valence-corrected chi connectivity index (χ3v) is 4.57. The molecule has 128 valence electrons. The summed E-state index contributed by atoms with van der Waals surface area (Å²) in [5.74, 6) is -0.145. The number of aromatic nitrogens is 2. The summed E-state index contributed by atoms with van der Waals surface area (Å²) in [6.07, 6.45) is 2.10. The van der Waals surface area contributed by atoms with Crippen LogP contribution in [0.4, 0.5) is 0 Å². The molecular weight excluding hydrogens is 306 g/mol. The summed E-state index contributed by atoms with van der Waals surface area (Å²) >= 11 is 0. The summed E-state index contributed by atoms with van der Waals surface area (Å²) in [6.45, 7) is 6.91. The Morgan fingerprint density at radius 1 is 1.50 bits per heavy atom. The van der Waals surface area contributed by atoms with Gasteiger partial charge >= 0.3 is 0 Å². The van der Waals surface area contributed by atoms with Gasteiger partial charge in [-0.25, -0.2) is 4.98 Å². The average molecular weight is 329 g/mol. The summed E-state index contributed by atoms with van der Waals surface area (Å²) in [4.78, 5) is 29.0. The van der Waals surface area contributed by atoms with E-state index in [-0.39, 0.29) is 23.6 Å². The molecule has 0 aliphatic carbocycles. The number of nitrogens with zero attached hydrogens (tertiary/aromatic N) is 2. The predicted octanol–water partition coefficient (Wildman–Crippen LogP) is 2.02. The fraction of sp³-hybridized carbons (Fsp3) is 0.500. The molecule has 0 saturated carbocycles. The van der Waals surface area contributed by atoms with Gasteiger partial charge in [-0.05, 0) is 51.8 Å². The minimum atomic E-state index is -0.145. The van der Waals surface area contributed by atoms with Crippen LogP contribution in [-0.2, 0) is 11.3 Å². The number of nitrogens with one attached hydrogen (secondary N) is 1. The number of aryl methyl sites for hydroxylation is 2. The van der Waals surface area contributed by atoms with Gasteiger partial charge in [0.2, 0.25) is 0 Å². The molecule has 24 heavy (non-hydrogen) atoms. The molecule has 2 unspecified atom stereocenters. The molecule has 6 heteroatoms. The number of ether oxygens (including phenoxy) is 1. The summed E-state index contributed by atoms with van der Waals surface area (Å²) in [6, 6.07) is 5.24. The van der Waals surface area contributed by atoms with Crippen LogP contribution in [0.5, 0.6) is 0 Å². The normalized spacial score (nSPS) is 18.7. The molecule has 1 amide bonds. The molecule has 2 aromatic rings. The van der Waals surface area contributed by atoms with Crippen molar-refractivity contribution in [3.63, 3.8) is 0 Å². The van der Waals surface area contributed by atoms with Crippen molar-refractivity contribution in [1.82, 2.24) is 14.9 Å². The first-order chi connectivity index (χ1) is 11.5. The molecule has 1 N–H and O–H groups in total. The number of benzene rings is 1. The highest BCUT2D eigenvalue weighted by molar-refractivity contribution is 5.97. The number of fused-ring (bicyclic) bond motifs is 1. The van der Waals surface area contributed by atoms with Gasteiger partial charge in [-0.1, -0.05) is 0 Å². The van der Waals surface area contributed by atoms with Crippen molar-refractivity contribution < 1.29 is 9.53 Å². The van der Waals surface area contributed by atoms with Crippen molar-refractivity contribution in [3.8, 4) is 0 Å². The second kappa shape index (κ2) is 6.73. The van der Waals surface area contributed by atoms with Gasteiger partial charge in [0, 0.05) is 18.7 Å². The lowest BCUT2D eigenvalue weighted by Gasteiger charge is -2.20. The molecule has 2 heterocycles. The standard InChI is InChI=1S/C18H23N3O3/c1-4-21-15-8-7-13(10-14(15)19-12(3)18(21)23)17(22)20-11(2)16-6-5-9-24-16/h7-8,10-11,16H,4-6,9H2,1-3H3,(H,20,22). The third kappa shape index (κ3) is 3.06. The molecule has 3 rings (SSSR count). The van der Waals surface area contributed by atoms with E-state index in [0.29, 0.717) is 23.3 Å². The van der Waals surface area contributed by atoms with Crippen LogP contribution in [0.1, 0.15) is 42.7 Å². The van der Waals surface area contributed by atoms with Crippen LogP contribution in [0, 0.1) is 6.92 Å². The fourth-order valence-corrected chi connectivity index (χ4v) is 3.21. The van der Waals surface area contributed by atoms with E-state index in [1.165, 1.54) is 0 Å². The first-order valence-corrected chi connectivity index (χ1v) is 8.45. The largest absolute Gasteiger partial charge is 0.376 e. The first-order valence-electron chi connectivity index (χ1n) is 8.45. The van der Waals surface area contributed by atoms with Crippen LogP contribution in [0.15, 0.2) is 23.0 Å². The summed E-state index contributed by atoms with van der Waals surface area (Å²) in [5.41, 5.74) is 2.30. The highest BCUT2D eigenvalue weighted by Crippen LogP contribution is 2.17. The zero-order valence-corrected chi connectivity index (χ0v) is 14.3. The predicted molar refractivity (Wildman–Crippen MR) is 92.3 cm³/mol. The molecule has 1 aromatic carbocycles.